The number of guanidine groups is 1. The van der Waals surface area contributed by atoms with E-state index in [1.807, 2.05) is 0 Å². The summed E-state index contributed by atoms with van der Waals surface area (Å²) in [5, 5.41) is 10.0. The Morgan fingerprint density at radius 3 is 2.39 bits per heavy atom. The second-order valence-electron chi connectivity index (χ2n) is 3.42. The van der Waals surface area contributed by atoms with Crippen molar-refractivity contribution in [2.75, 3.05) is 25.4 Å². The van der Waals surface area contributed by atoms with Crippen molar-refractivity contribution in [3.05, 3.63) is 0 Å². The normalized spacial score (nSPS) is 13.5. The Bertz CT molecular complexity index is 367. The number of sulfonamides is 1. The van der Waals surface area contributed by atoms with Crippen LogP contribution in [0.3, 0.4) is 0 Å². The molecule has 108 valence electrons. The van der Waals surface area contributed by atoms with Crippen LogP contribution < -0.4 is 15.8 Å². The zero-order chi connectivity index (χ0) is 14.2. The Labute approximate surface area is 104 Å². The van der Waals surface area contributed by atoms with E-state index < -0.39 is 29.2 Å². The first-order valence-electron chi connectivity index (χ1n) is 5.23. The lowest BCUT2D eigenvalue weighted by molar-refractivity contribution is -0.132. The zero-order valence-electron chi connectivity index (χ0n) is 9.92. The van der Waals surface area contributed by atoms with Crippen molar-refractivity contribution in [2.45, 2.75) is 19.5 Å². The van der Waals surface area contributed by atoms with Crippen LogP contribution in [-0.4, -0.2) is 45.9 Å². The highest BCUT2D eigenvalue weighted by Crippen LogP contribution is 2.18. The molecule has 4 N–H and O–H groups in total. The molecule has 0 spiro atoms. The second kappa shape index (κ2) is 7.41. The molecule has 18 heavy (non-hydrogen) atoms. The van der Waals surface area contributed by atoms with Gasteiger partial charge in [-0.25, -0.2) is 13.6 Å². The van der Waals surface area contributed by atoms with Crippen LogP contribution in [0.1, 0.15) is 13.3 Å². The lowest BCUT2D eigenvalue weighted by atomic mass is 10.4. The molecule has 0 unspecified atom stereocenters. The molecule has 0 aromatic rings. The molecular weight excluding hydrogens is 273 g/mol. The van der Waals surface area contributed by atoms with E-state index in [1.54, 1.807) is 6.92 Å². The minimum Gasteiger partial charge on any atom is -0.357 e. The molecule has 0 radical (unpaired) electrons. The first kappa shape index (κ1) is 17.0. The number of nitrogens with one attached hydrogen (secondary N) is 2. The van der Waals surface area contributed by atoms with Gasteiger partial charge in [0.15, 0.2) is 5.96 Å². The van der Waals surface area contributed by atoms with Gasteiger partial charge in [-0.2, -0.15) is 13.2 Å². The number of halogens is 3. The van der Waals surface area contributed by atoms with Crippen LogP contribution >= 0.6 is 0 Å². The topological polar surface area (TPSA) is 96.6 Å². The van der Waals surface area contributed by atoms with Gasteiger partial charge in [-0.3, -0.25) is 4.99 Å². The molecule has 0 amide bonds. The number of nitrogens with zero attached hydrogens (tertiary/aromatic N) is 1. The van der Waals surface area contributed by atoms with E-state index in [0.717, 1.165) is 0 Å². The van der Waals surface area contributed by atoms with Crippen molar-refractivity contribution in [2.24, 2.45) is 10.1 Å². The van der Waals surface area contributed by atoms with Crippen molar-refractivity contribution >= 4 is 16.0 Å². The minimum atomic E-state index is -4.26. The molecule has 0 rings (SSSR count). The summed E-state index contributed by atoms with van der Waals surface area (Å²) in [4.78, 5) is 3.66. The van der Waals surface area contributed by atoms with Crippen molar-refractivity contribution in [1.82, 2.24) is 10.6 Å². The van der Waals surface area contributed by atoms with Crippen LogP contribution in [-0.2, 0) is 10.0 Å². The molecule has 0 aromatic carbocycles. The van der Waals surface area contributed by atoms with E-state index in [4.69, 9.17) is 5.14 Å². The third-order valence-corrected chi connectivity index (χ3v) is 2.46. The summed E-state index contributed by atoms with van der Waals surface area (Å²) in [6, 6.07) is 0. The Hall–Kier alpha value is -1.03. The molecule has 0 saturated heterocycles. The summed E-state index contributed by atoms with van der Waals surface area (Å²) in [7, 11) is -3.60. The summed E-state index contributed by atoms with van der Waals surface area (Å²) in [6.07, 6.45) is -5.29. The average molecular weight is 290 g/mol. The first-order valence-corrected chi connectivity index (χ1v) is 6.95. The summed E-state index contributed by atoms with van der Waals surface area (Å²) in [6.45, 7) is 1.75. The van der Waals surface area contributed by atoms with Crippen LogP contribution in [0.25, 0.3) is 0 Å². The molecule has 0 aromatic heterocycles. The van der Waals surface area contributed by atoms with Gasteiger partial charge in [0.1, 0.15) is 0 Å². The van der Waals surface area contributed by atoms with Gasteiger partial charge in [0, 0.05) is 13.1 Å². The van der Waals surface area contributed by atoms with Gasteiger partial charge in [-0.1, -0.05) is 0 Å². The number of alkyl halides is 3. The van der Waals surface area contributed by atoms with Gasteiger partial charge >= 0.3 is 6.18 Å². The van der Waals surface area contributed by atoms with Crippen molar-refractivity contribution < 1.29 is 21.6 Å². The van der Waals surface area contributed by atoms with E-state index in [9.17, 15) is 21.6 Å². The third-order valence-electron chi connectivity index (χ3n) is 1.69. The predicted molar refractivity (Wildman–Crippen MR) is 62.6 cm³/mol. The highest BCUT2D eigenvalue weighted by molar-refractivity contribution is 7.89. The highest BCUT2D eigenvalue weighted by Gasteiger charge is 2.26. The van der Waals surface area contributed by atoms with Gasteiger partial charge < -0.3 is 10.6 Å². The van der Waals surface area contributed by atoms with Crippen LogP contribution in [0.5, 0.6) is 0 Å². The number of hydrogen-bond donors (Lipinski definition) is 3. The van der Waals surface area contributed by atoms with Crippen molar-refractivity contribution in [3.63, 3.8) is 0 Å². The number of primary sulfonamides is 1. The van der Waals surface area contributed by atoms with Crippen LogP contribution in [0, 0.1) is 0 Å². The molecule has 0 fully saturated rings. The first-order chi connectivity index (χ1) is 8.14. The van der Waals surface area contributed by atoms with Gasteiger partial charge in [0.2, 0.25) is 10.0 Å². The van der Waals surface area contributed by atoms with E-state index in [0.29, 0.717) is 6.54 Å². The van der Waals surface area contributed by atoms with E-state index in [1.165, 1.54) is 0 Å². The molecule has 0 atom stereocenters. The smallest absolute Gasteiger partial charge is 0.357 e. The lowest BCUT2D eigenvalue weighted by Gasteiger charge is -2.11. The summed E-state index contributed by atoms with van der Waals surface area (Å²) in [5.74, 6) is -0.193. The zero-order valence-corrected chi connectivity index (χ0v) is 10.7. The van der Waals surface area contributed by atoms with Gasteiger partial charge in [-0.15, -0.1) is 0 Å². The van der Waals surface area contributed by atoms with E-state index >= 15 is 0 Å². The molecule has 0 heterocycles. The Kier molecular flexibility index (Phi) is 6.99. The van der Waals surface area contributed by atoms with Gasteiger partial charge in [-0.05, 0) is 6.92 Å². The maximum absolute atomic E-state index is 11.9. The van der Waals surface area contributed by atoms with Crippen molar-refractivity contribution in [3.8, 4) is 0 Å². The fourth-order valence-electron chi connectivity index (χ4n) is 0.948. The minimum absolute atomic E-state index is 0.0172. The number of rotatable bonds is 6. The van der Waals surface area contributed by atoms with E-state index in [2.05, 4.69) is 15.6 Å². The van der Waals surface area contributed by atoms with Gasteiger partial charge in [0.05, 0.1) is 18.7 Å². The maximum atomic E-state index is 11.9. The molecular formula is C8H17F3N4O2S. The molecule has 0 aliphatic heterocycles. The Balaban J connectivity index is 4.17. The molecule has 0 aliphatic rings. The molecule has 0 bridgehead atoms. The third kappa shape index (κ3) is 11.5. The largest absolute Gasteiger partial charge is 0.390 e. The monoisotopic (exact) mass is 290 g/mol. The summed E-state index contributed by atoms with van der Waals surface area (Å²) < 4.78 is 57.0. The van der Waals surface area contributed by atoms with Crippen LogP contribution in [0.15, 0.2) is 4.99 Å². The fraction of sp³-hybridized carbons (Fsp3) is 0.875. The number of nitrogens with two attached hydrogens (primary N) is 1. The molecule has 0 saturated carbocycles. The van der Waals surface area contributed by atoms with E-state index in [-0.39, 0.29) is 18.3 Å². The predicted octanol–water partition coefficient (Wildman–Crippen LogP) is -0.218. The Morgan fingerprint density at radius 2 is 1.94 bits per heavy atom. The molecule has 0 aliphatic carbocycles. The quantitative estimate of drug-likeness (QED) is 0.465. The highest BCUT2D eigenvalue weighted by atomic mass is 32.2. The second-order valence-corrected chi connectivity index (χ2v) is 5.15. The number of aliphatic imine (C=N–C) groups is 1. The summed E-state index contributed by atoms with van der Waals surface area (Å²) in [5.41, 5.74) is 0. The standard InChI is InChI=1S/C8H17F3N4O2S/c1-2-13-7(14-4-3-8(9,10)11)15-5-6-18(12,16)17/h2-6H2,1H3,(H2,12,16,17)(H2,13,14,15). The van der Waals surface area contributed by atoms with Gasteiger partial charge in [0.25, 0.3) is 0 Å². The Morgan fingerprint density at radius 1 is 1.33 bits per heavy atom. The summed E-state index contributed by atoms with van der Waals surface area (Å²) >= 11 is 0. The lowest BCUT2D eigenvalue weighted by Crippen LogP contribution is -2.40. The SMILES string of the molecule is CCNC(=NCCC(F)(F)F)NCCS(N)(=O)=O. The van der Waals surface area contributed by atoms with Crippen LogP contribution in [0.2, 0.25) is 0 Å². The van der Waals surface area contributed by atoms with Crippen molar-refractivity contribution in [1.29, 1.82) is 0 Å². The van der Waals surface area contributed by atoms with Crippen LogP contribution in [0.4, 0.5) is 13.2 Å². The average Bonchev–Trinajstić information content (AvgIpc) is 2.13. The number of hydrogen-bond acceptors (Lipinski definition) is 3. The molecule has 6 nitrogen and oxygen atoms in total. The molecule has 10 heteroatoms. The maximum Gasteiger partial charge on any atom is 0.390 e. The fourth-order valence-corrected chi connectivity index (χ4v) is 1.33.